The van der Waals surface area contributed by atoms with Gasteiger partial charge >= 0.3 is 0 Å². The summed E-state index contributed by atoms with van der Waals surface area (Å²) in [5, 5.41) is 0.902. The van der Waals surface area contributed by atoms with E-state index < -0.39 is 0 Å². The molecule has 1 heterocycles. The second kappa shape index (κ2) is 5.97. The Morgan fingerprint density at radius 3 is 2.53 bits per heavy atom. The lowest BCUT2D eigenvalue weighted by Gasteiger charge is -2.15. The molecule has 0 aliphatic rings. The smallest absolute Gasteiger partial charge is 0.186 e. The number of benzene rings is 1. The standard InChI is InChI=1S/C15H18N2OS/c1-4-13-14(10-18)19-15(16-13)17(3)9-12-7-5-11(2)6-8-12/h5-8,10H,4,9H2,1-3H3. The maximum absolute atomic E-state index is 11.0. The highest BCUT2D eigenvalue weighted by molar-refractivity contribution is 7.17. The van der Waals surface area contributed by atoms with Crippen molar-refractivity contribution in [2.24, 2.45) is 0 Å². The first-order valence-electron chi connectivity index (χ1n) is 6.35. The highest BCUT2D eigenvalue weighted by atomic mass is 32.1. The molecule has 0 radical (unpaired) electrons. The SMILES string of the molecule is CCc1nc(N(C)Cc2ccc(C)cc2)sc1C=O. The molecule has 100 valence electrons. The van der Waals surface area contributed by atoms with Crippen LogP contribution in [-0.2, 0) is 13.0 Å². The number of aryl methyl sites for hydroxylation is 2. The molecule has 4 heteroatoms. The molecule has 0 bridgehead atoms. The molecule has 2 aromatic rings. The fraction of sp³-hybridized carbons (Fsp3) is 0.333. The lowest BCUT2D eigenvalue weighted by atomic mass is 10.1. The molecule has 2 rings (SSSR count). The summed E-state index contributed by atoms with van der Waals surface area (Å²) in [5.41, 5.74) is 3.40. The molecule has 0 saturated carbocycles. The highest BCUT2D eigenvalue weighted by Gasteiger charge is 2.12. The number of nitrogens with zero attached hydrogens (tertiary/aromatic N) is 2. The topological polar surface area (TPSA) is 33.2 Å². The monoisotopic (exact) mass is 274 g/mol. The van der Waals surface area contributed by atoms with Crippen molar-refractivity contribution in [3.63, 3.8) is 0 Å². The van der Waals surface area contributed by atoms with Crippen molar-refractivity contribution in [1.29, 1.82) is 0 Å². The average molecular weight is 274 g/mol. The van der Waals surface area contributed by atoms with Gasteiger partial charge in [-0.15, -0.1) is 0 Å². The maximum atomic E-state index is 11.0. The number of hydrogen-bond acceptors (Lipinski definition) is 4. The van der Waals surface area contributed by atoms with Crippen molar-refractivity contribution in [2.45, 2.75) is 26.8 Å². The van der Waals surface area contributed by atoms with E-state index in [1.807, 2.05) is 14.0 Å². The summed E-state index contributed by atoms with van der Waals surface area (Å²) in [7, 11) is 2.01. The third-order valence-electron chi connectivity index (χ3n) is 3.03. The minimum Gasteiger partial charge on any atom is -0.347 e. The second-order valence-electron chi connectivity index (χ2n) is 4.62. The first-order valence-corrected chi connectivity index (χ1v) is 7.17. The van der Waals surface area contributed by atoms with Crippen LogP contribution in [0.4, 0.5) is 5.13 Å². The van der Waals surface area contributed by atoms with Gasteiger partial charge in [0.15, 0.2) is 11.4 Å². The summed E-state index contributed by atoms with van der Waals surface area (Å²) < 4.78 is 0. The van der Waals surface area contributed by atoms with Gasteiger partial charge in [0.2, 0.25) is 0 Å². The molecule has 0 fully saturated rings. The van der Waals surface area contributed by atoms with E-state index in [4.69, 9.17) is 0 Å². The predicted octanol–water partition coefficient (Wildman–Crippen LogP) is 3.46. The van der Waals surface area contributed by atoms with Crippen LogP contribution in [-0.4, -0.2) is 18.3 Å². The molecule has 0 saturated heterocycles. The van der Waals surface area contributed by atoms with Gasteiger partial charge in [-0.3, -0.25) is 4.79 Å². The van der Waals surface area contributed by atoms with E-state index in [0.717, 1.165) is 35.0 Å². The molecule has 0 aliphatic heterocycles. The third-order valence-corrected chi connectivity index (χ3v) is 4.16. The molecular formula is C15H18N2OS. The number of aromatic nitrogens is 1. The van der Waals surface area contributed by atoms with Gasteiger partial charge in [0.1, 0.15) is 0 Å². The van der Waals surface area contributed by atoms with Crippen molar-refractivity contribution < 1.29 is 4.79 Å². The van der Waals surface area contributed by atoms with Crippen LogP contribution in [0.3, 0.4) is 0 Å². The minimum absolute atomic E-state index is 0.744. The van der Waals surface area contributed by atoms with Crippen LogP contribution in [0.15, 0.2) is 24.3 Å². The number of aldehydes is 1. The largest absolute Gasteiger partial charge is 0.347 e. The van der Waals surface area contributed by atoms with E-state index in [-0.39, 0.29) is 0 Å². The zero-order chi connectivity index (χ0) is 13.8. The lowest BCUT2D eigenvalue weighted by Crippen LogP contribution is -2.16. The quantitative estimate of drug-likeness (QED) is 0.783. The van der Waals surface area contributed by atoms with Crippen LogP contribution in [0.5, 0.6) is 0 Å². The summed E-state index contributed by atoms with van der Waals surface area (Å²) in [6, 6.07) is 8.47. The Balaban J connectivity index is 2.15. The number of anilines is 1. The molecule has 0 unspecified atom stereocenters. The Morgan fingerprint density at radius 2 is 2.00 bits per heavy atom. The summed E-state index contributed by atoms with van der Waals surface area (Å²) in [6.45, 7) is 4.90. The van der Waals surface area contributed by atoms with E-state index in [9.17, 15) is 4.79 Å². The molecule has 3 nitrogen and oxygen atoms in total. The Labute approximate surface area is 117 Å². The van der Waals surface area contributed by atoms with E-state index >= 15 is 0 Å². The number of rotatable bonds is 5. The van der Waals surface area contributed by atoms with Crippen molar-refractivity contribution >= 4 is 22.8 Å². The van der Waals surface area contributed by atoms with Crippen LogP contribution in [0, 0.1) is 6.92 Å². The third kappa shape index (κ3) is 3.20. The van der Waals surface area contributed by atoms with Crippen LogP contribution in [0.2, 0.25) is 0 Å². The Hall–Kier alpha value is -1.68. The van der Waals surface area contributed by atoms with E-state index in [1.165, 1.54) is 22.5 Å². The summed E-state index contributed by atoms with van der Waals surface area (Å²) in [5.74, 6) is 0. The van der Waals surface area contributed by atoms with Gasteiger partial charge in [0, 0.05) is 13.6 Å². The molecule has 0 spiro atoms. The number of carbonyl (C=O) groups excluding carboxylic acids is 1. The maximum Gasteiger partial charge on any atom is 0.186 e. The second-order valence-corrected chi connectivity index (χ2v) is 5.63. The summed E-state index contributed by atoms with van der Waals surface area (Å²) in [6.07, 6.45) is 1.70. The van der Waals surface area contributed by atoms with Crippen LogP contribution >= 0.6 is 11.3 Å². The Kier molecular flexibility index (Phi) is 4.32. The molecule has 0 atom stereocenters. The van der Waals surface area contributed by atoms with Crippen LogP contribution in [0.1, 0.15) is 33.4 Å². The highest BCUT2D eigenvalue weighted by Crippen LogP contribution is 2.25. The zero-order valence-corrected chi connectivity index (χ0v) is 12.3. The van der Waals surface area contributed by atoms with Gasteiger partial charge in [-0.2, -0.15) is 0 Å². The molecule has 0 N–H and O–H groups in total. The fourth-order valence-electron chi connectivity index (χ4n) is 1.89. The summed E-state index contributed by atoms with van der Waals surface area (Å²) >= 11 is 1.46. The van der Waals surface area contributed by atoms with Crippen LogP contribution < -0.4 is 4.90 Å². The van der Waals surface area contributed by atoms with Gasteiger partial charge in [0.05, 0.1) is 10.6 Å². The number of thiazole rings is 1. The lowest BCUT2D eigenvalue weighted by molar-refractivity contribution is 0.112. The number of hydrogen-bond donors (Lipinski definition) is 0. The van der Waals surface area contributed by atoms with E-state index in [1.54, 1.807) is 0 Å². The van der Waals surface area contributed by atoms with Crippen LogP contribution in [0.25, 0.3) is 0 Å². The van der Waals surface area contributed by atoms with E-state index in [2.05, 4.69) is 41.1 Å². The normalized spacial score (nSPS) is 10.5. The fourth-order valence-corrected chi connectivity index (χ4v) is 2.82. The first-order chi connectivity index (χ1) is 9.13. The van der Waals surface area contributed by atoms with Gasteiger partial charge in [-0.1, -0.05) is 48.1 Å². The van der Waals surface area contributed by atoms with E-state index in [0.29, 0.717) is 0 Å². The molecule has 0 aliphatic carbocycles. The molecule has 1 aromatic carbocycles. The molecule has 1 aromatic heterocycles. The average Bonchev–Trinajstić information content (AvgIpc) is 2.84. The van der Waals surface area contributed by atoms with Gasteiger partial charge < -0.3 is 4.90 Å². The van der Waals surface area contributed by atoms with Crippen molar-refractivity contribution in [1.82, 2.24) is 4.98 Å². The Bertz CT molecular complexity index is 560. The molecule has 19 heavy (non-hydrogen) atoms. The number of carbonyl (C=O) groups is 1. The van der Waals surface area contributed by atoms with Gasteiger partial charge in [-0.25, -0.2) is 4.98 Å². The Morgan fingerprint density at radius 1 is 1.32 bits per heavy atom. The molecule has 0 amide bonds. The molecular weight excluding hydrogens is 256 g/mol. The van der Waals surface area contributed by atoms with Crippen molar-refractivity contribution in [3.05, 3.63) is 46.0 Å². The predicted molar refractivity (Wildman–Crippen MR) is 80.2 cm³/mol. The van der Waals surface area contributed by atoms with Gasteiger partial charge in [0.25, 0.3) is 0 Å². The first kappa shape index (κ1) is 13.7. The van der Waals surface area contributed by atoms with Crippen molar-refractivity contribution in [3.8, 4) is 0 Å². The van der Waals surface area contributed by atoms with Gasteiger partial charge in [-0.05, 0) is 18.9 Å². The zero-order valence-electron chi connectivity index (χ0n) is 11.5. The summed E-state index contributed by atoms with van der Waals surface area (Å²) in [4.78, 5) is 18.3. The minimum atomic E-state index is 0.744. The van der Waals surface area contributed by atoms with Crippen molar-refractivity contribution in [2.75, 3.05) is 11.9 Å².